The van der Waals surface area contributed by atoms with Crippen LogP contribution in [0.3, 0.4) is 0 Å². The minimum absolute atomic E-state index is 0.193. The van der Waals surface area contributed by atoms with Crippen LogP contribution in [0.4, 0.5) is 4.39 Å². The molecule has 2 heterocycles. The van der Waals surface area contributed by atoms with Gasteiger partial charge in [0, 0.05) is 23.2 Å². The first kappa shape index (κ1) is 17.7. The summed E-state index contributed by atoms with van der Waals surface area (Å²) >= 11 is 6.14. The van der Waals surface area contributed by atoms with Crippen molar-refractivity contribution >= 4 is 17.2 Å². The lowest BCUT2D eigenvalue weighted by Crippen LogP contribution is -2.43. The smallest absolute Gasteiger partial charge is 0.130 e. The predicted molar refractivity (Wildman–Crippen MR) is 106 cm³/mol. The number of benzene rings is 2. The summed E-state index contributed by atoms with van der Waals surface area (Å²) in [7, 11) is 2.18. The average Bonchev–Trinajstić information content (AvgIpc) is 3.10. The van der Waals surface area contributed by atoms with Gasteiger partial charge < -0.3 is 4.90 Å². The zero-order valence-corrected chi connectivity index (χ0v) is 15.8. The van der Waals surface area contributed by atoms with Crippen molar-refractivity contribution in [3.8, 4) is 0 Å². The normalized spacial score (nSPS) is 22.6. The van der Waals surface area contributed by atoms with Crippen LogP contribution in [0.15, 0.2) is 54.6 Å². The van der Waals surface area contributed by atoms with E-state index in [1.54, 1.807) is 12.1 Å². The highest BCUT2D eigenvalue weighted by Crippen LogP contribution is 2.39. The average molecular weight is 371 g/mol. The molecule has 2 aliphatic heterocycles. The predicted octanol–water partition coefficient (Wildman–Crippen LogP) is 5.01. The maximum absolute atomic E-state index is 14.4. The van der Waals surface area contributed by atoms with Crippen LogP contribution in [0.25, 0.3) is 5.57 Å². The highest BCUT2D eigenvalue weighted by molar-refractivity contribution is 6.30. The summed E-state index contributed by atoms with van der Waals surface area (Å²) in [6, 6.07) is 16.1. The molecule has 136 valence electrons. The van der Waals surface area contributed by atoms with Gasteiger partial charge in [0.05, 0.1) is 6.04 Å². The van der Waals surface area contributed by atoms with Crippen LogP contribution in [0.5, 0.6) is 0 Å². The lowest BCUT2D eigenvalue weighted by atomic mass is 9.99. The molecule has 0 N–H and O–H groups in total. The van der Waals surface area contributed by atoms with Crippen LogP contribution >= 0.6 is 11.6 Å². The summed E-state index contributed by atoms with van der Waals surface area (Å²) in [4.78, 5) is 4.92. The molecule has 1 atom stereocenters. The van der Waals surface area contributed by atoms with Gasteiger partial charge in [0.2, 0.25) is 0 Å². The number of hydrogen-bond acceptors (Lipinski definition) is 2. The number of likely N-dealkylation sites (tertiary alicyclic amines) is 1. The van der Waals surface area contributed by atoms with Crippen molar-refractivity contribution in [2.24, 2.45) is 0 Å². The van der Waals surface area contributed by atoms with E-state index in [-0.39, 0.29) is 11.9 Å². The summed E-state index contributed by atoms with van der Waals surface area (Å²) < 4.78 is 14.4. The maximum atomic E-state index is 14.4. The molecule has 2 aromatic carbocycles. The first-order chi connectivity index (χ1) is 12.6. The molecule has 2 aliphatic rings. The monoisotopic (exact) mass is 370 g/mol. The van der Waals surface area contributed by atoms with Gasteiger partial charge in [-0.15, -0.1) is 0 Å². The summed E-state index contributed by atoms with van der Waals surface area (Å²) in [5, 5.41) is 0.580. The van der Waals surface area contributed by atoms with Gasteiger partial charge in [-0.2, -0.15) is 0 Å². The fraction of sp³-hybridized carbons (Fsp3) is 0.364. The van der Waals surface area contributed by atoms with E-state index in [4.69, 9.17) is 11.6 Å². The van der Waals surface area contributed by atoms with E-state index in [2.05, 4.69) is 47.2 Å². The van der Waals surface area contributed by atoms with Gasteiger partial charge >= 0.3 is 0 Å². The molecule has 2 aromatic rings. The molecule has 0 amide bonds. The largest absolute Gasteiger partial charge is 0.306 e. The molecule has 0 unspecified atom stereocenters. The quantitative estimate of drug-likeness (QED) is 0.749. The Morgan fingerprint density at radius 2 is 1.77 bits per heavy atom. The fourth-order valence-corrected chi connectivity index (χ4v) is 4.35. The van der Waals surface area contributed by atoms with Gasteiger partial charge in [-0.1, -0.05) is 48.0 Å². The third kappa shape index (κ3) is 3.57. The number of hydrogen-bond donors (Lipinski definition) is 0. The molecule has 0 spiro atoms. The Morgan fingerprint density at radius 3 is 2.50 bits per heavy atom. The second-order valence-corrected chi connectivity index (χ2v) is 7.81. The van der Waals surface area contributed by atoms with Crippen molar-refractivity contribution < 1.29 is 4.39 Å². The molecule has 4 rings (SSSR count). The zero-order chi connectivity index (χ0) is 18.1. The first-order valence-electron chi connectivity index (χ1n) is 9.27. The molecule has 4 heteroatoms. The number of halogens is 2. The van der Waals surface area contributed by atoms with E-state index in [9.17, 15) is 4.39 Å². The minimum Gasteiger partial charge on any atom is -0.306 e. The Labute approximate surface area is 159 Å². The molecule has 0 bridgehead atoms. The molecule has 1 fully saturated rings. The molecule has 0 aromatic heterocycles. The first-order valence-corrected chi connectivity index (χ1v) is 9.65. The Morgan fingerprint density at radius 1 is 1.04 bits per heavy atom. The van der Waals surface area contributed by atoms with Gasteiger partial charge in [0.1, 0.15) is 5.82 Å². The van der Waals surface area contributed by atoms with Crippen LogP contribution in [0.1, 0.15) is 30.0 Å². The highest BCUT2D eigenvalue weighted by Gasteiger charge is 2.34. The summed E-state index contributed by atoms with van der Waals surface area (Å²) in [5.41, 5.74) is 2.94. The van der Waals surface area contributed by atoms with E-state index < -0.39 is 0 Å². The third-order valence-electron chi connectivity index (χ3n) is 5.64. The van der Waals surface area contributed by atoms with E-state index >= 15 is 0 Å². The standard InChI is InChI=1S/C22H24ClFN2/c1-25-11-9-19(10-12-25)26-15-17(20-14-18(23)7-8-21(20)24)13-22(26)16-5-3-2-4-6-16/h2-8,13-14,19,22H,9-12,15H2,1H3/t22-/m0/s1. The van der Waals surface area contributed by atoms with Crippen molar-refractivity contribution in [3.05, 3.63) is 76.6 Å². The lowest BCUT2D eigenvalue weighted by Gasteiger charge is -2.38. The topological polar surface area (TPSA) is 6.48 Å². The van der Waals surface area contributed by atoms with Crippen LogP contribution in [0.2, 0.25) is 5.02 Å². The third-order valence-corrected chi connectivity index (χ3v) is 5.88. The Hall–Kier alpha value is -1.68. The van der Waals surface area contributed by atoms with Crippen molar-refractivity contribution in [2.75, 3.05) is 26.7 Å². The van der Waals surface area contributed by atoms with Crippen molar-refractivity contribution in [2.45, 2.75) is 24.9 Å². The number of nitrogens with zero attached hydrogens (tertiary/aromatic N) is 2. The second kappa shape index (κ2) is 7.51. The zero-order valence-electron chi connectivity index (χ0n) is 15.0. The molecule has 0 aliphatic carbocycles. The van der Waals surface area contributed by atoms with Gasteiger partial charge in [-0.25, -0.2) is 4.39 Å². The minimum atomic E-state index is -0.197. The van der Waals surface area contributed by atoms with Crippen molar-refractivity contribution in [1.82, 2.24) is 9.80 Å². The Bertz CT molecular complexity index is 797. The molecule has 1 saturated heterocycles. The van der Waals surface area contributed by atoms with E-state index in [1.807, 2.05) is 6.07 Å². The van der Waals surface area contributed by atoms with Crippen molar-refractivity contribution in [3.63, 3.8) is 0 Å². The van der Waals surface area contributed by atoms with Gasteiger partial charge in [-0.05, 0) is 62.3 Å². The molecular weight excluding hydrogens is 347 g/mol. The van der Waals surface area contributed by atoms with Gasteiger partial charge in [0.25, 0.3) is 0 Å². The van der Waals surface area contributed by atoms with Crippen LogP contribution in [0, 0.1) is 5.82 Å². The van der Waals surface area contributed by atoms with E-state index in [0.29, 0.717) is 16.6 Å². The van der Waals surface area contributed by atoms with E-state index in [0.717, 1.165) is 38.0 Å². The summed E-state index contributed by atoms with van der Waals surface area (Å²) in [6.45, 7) is 3.00. The lowest BCUT2D eigenvalue weighted by molar-refractivity contribution is 0.119. The Kier molecular flexibility index (Phi) is 5.12. The molecule has 0 saturated carbocycles. The SMILES string of the molecule is CN1CCC(N2CC(c3cc(Cl)ccc3F)=C[C@H]2c2ccccc2)CC1. The molecule has 0 radical (unpaired) electrons. The second-order valence-electron chi connectivity index (χ2n) is 7.38. The molecule has 2 nitrogen and oxygen atoms in total. The maximum Gasteiger partial charge on any atom is 0.130 e. The van der Waals surface area contributed by atoms with Gasteiger partial charge in [-0.3, -0.25) is 4.90 Å². The fourth-order valence-electron chi connectivity index (χ4n) is 4.17. The Balaban J connectivity index is 1.68. The molecular formula is C22H24ClFN2. The van der Waals surface area contributed by atoms with Crippen molar-refractivity contribution in [1.29, 1.82) is 0 Å². The van der Waals surface area contributed by atoms with Crippen LogP contribution < -0.4 is 0 Å². The highest BCUT2D eigenvalue weighted by atomic mass is 35.5. The van der Waals surface area contributed by atoms with E-state index in [1.165, 1.54) is 11.6 Å². The van der Waals surface area contributed by atoms with Gasteiger partial charge in [0.15, 0.2) is 0 Å². The summed E-state index contributed by atoms with van der Waals surface area (Å²) in [6.07, 6.45) is 4.53. The molecule has 26 heavy (non-hydrogen) atoms. The van der Waals surface area contributed by atoms with Crippen LogP contribution in [-0.4, -0.2) is 42.5 Å². The summed E-state index contributed by atoms with van der Waals surface area (Å²) in [5.74, 6) is -0.197. The number of rotatable bonds is 3. The van der Waals surface area contributed by atoms with Crippen LogP contribution in [-0.2, 0) is 0 Å². The number of piperidine rings is 1.